The minimum Gasteiger partial charge on any atom is -0.383 e. The molecule has 182 valence electrons. The van der Waals surface area contributed by atoms with Gasteiger partial charge in [0, 0.05) is 31.6 Å². The van der Waals surface area contributed by atoms with Crippen LogP contribution in [0.5, 0.6) is 0 Å². The van der Waals surface area contributed by atoms with Crippen molar-refractivity contribution in [1.29, 1.82) is 5.26 Å². The molecule has 2 heterocycles. The largest absolute Gasteiger partial charge is 0.383 e. The molecular formula is C28H38N4O2. The van der Waals surface area contributed by atoms with E-state index >= 15 is 0 Å². The molecule has 2 aromatic rings. The van der Waals surface area contributed by atoms with Gasteiger partial charge in [0.05, 0.1) is 12.6 Å². The van der Waals surface area contributed by atoms with E-state index in [-0.39, 0.29) is 17.5 Å². The van der Waals surface area contributed by atoms with E-state index in [1.165, 1.54) is 44.3 Å². The van der Waals surface area contributed by atoms with Crippen LogP contribution < -0.4 is 5.32 Å². The summed E-state index contributed by atoms with van der Waals surface area (Å²) in [6.45, 7) is 10.4. The van der Waals surface area contributed by atoms with Crippen molar-refractivity contribution in [2.75, 3.05) is 26.8 Å². The number of hydrogen-bond acceptors (Lipinski definition) is 4. The van der Waals surface area contributed by atoms with Crippen LogP contribution in [0.25, 0.3) is 6.08 Å². The Morgan fingerprint density at radius 1 is 1.15 bits per heavy atom. The number of benzene rings is 1. The predicted octanol–water partition coefficient (Wildman–Crippen LogP) is 4.91. The average Bonchev–Trinajstić information content (AvgIpc) is 2.97. The third-order valence-corrected chi connectivity index (χ3v) is 6.62. The van der Waals surface area contributed by atoms with Crippen molar-refractivity contribution in [2.45, 2.75) is 65.6 Å². The molecule has 6 heteroatoms. The summed E-state index contributed by atoms with van der Waals surface area (Å²) in [5, 5.41) is 12.5. The maximum Gasteiger partial charge on any atom is 0.262 e. The van der Waals surface area contributed by atoms with Gasteiger partial charge in [-0.15, -0.1) is 0 Å². The summed E-state index contributed by atoms with van der Waals surface area (Å²) in [6, 6.07) is 12.7. The lowest BCUT2D eigenvalue weighted by molar-refractivity contribution is -0.117. The highest BCUT2D eigenvalue weighted by atomic mass is 16.5. The first-order valence-corrected chi connectivity index (χ1v) is 12.3. The van der Waals surface area contributed by atoms with Crippen LogP contribution in [0.4, 0.5) is 0 Å². The zero-order valence-corrected chi connectivity index (χ0v) is 21.1. The highest BCUT2D eigenvalue weighted by Gasteiger charge is 2.16. The van der Waals surface area contributed by atoms with Gasteiger partial charge in [0.1, 0.15) is 11.6 Å². The van der Waals surface area contributed by atoms with E-state index in [0.717, 1.165) is 29.1 Å². The Balaban J connectivity index is 1.61. The number of nitriles is 1. The standard InChI is InChI=1S/C28H38N4O2/c1-21-15-26(23(3)32(21)22(2)20-34-4)16-27(17-29)28(33)30-18-24-9-11-25(12-10-24)19-31-13-7-5-6-8-14-31/h9-12,15-16,22H,5-8,13-14,18-20H2,1-4H3,(H,30,33)/b27-16-. The monoisotopic (exact) mass is 462 g/mol. The molecule has 0 saturated carbocycles. The number of nitrogens with zero attached hydrogens (tertiary/aromatic N) is 3. The molecule has 0 aliphatic carbocycles. The predicted molar refractivity (Wildman–Crippen MR) is 136 cm³/mol. The van der Waals surface area contributed by atoms with Gasteiger partial charge >= 0.3 is 0 Å². The van der Waals surface area contributed by atoms with E-state index in [2.05, 4.69) is 52.0 Å². The maximum atomic E-state index is 12.7. The van der Waals surface area contributed by atoms with Gasteiger partial charge in [0.25, 0.3) is 5.91 Å². The number of aryl methyl sites for hydroxylation is 1. The van der Waals surface area contributed by atoms with Crippen LogP contribution in [0.15, 0.2) is 35.9 Å². The zero-order valence-electron chi connectivity index (χ0n) is 21.1. The molecule has 1 saturated heterocycles. The fraction of sp³-hybridized carbons (Fsp3) is 0.500. The highest BCUT2D eigenvalue weighted by Crippen LogP contribution is 2.23. The normalized spacial score (nSPS) is 16.0. The molecule has 1 unspecified atom stereocenters. The number of amides is 1. The fourth-order valence-electron chi connectivity index (χ4n) is 4.84. The van der Waals surface area contributed by atoms with Crippen LogP contribution in [0.1, 0.15) is 66.7 Å². The van der Waals surface area contributed by atoms with Crippen molar-refractivity contribution in [3.63, 3.8) is 0 Å². The number of likely N-dealkylation sites (tertiary alicyclic amines) is 1. The van der Waals surface area contributed by atoms with Crippen LogP contribution >= 0.6 is 0 Å². The number of methoxy groups -OCH3 is 1. The van der Waals surface area contributed by atoms with Gasteiger partial charge in [-0.1, -0.05) is 37.1 Å². The van der Waals surface area contributed by atoms with Crippen molar-refractivity contribution < 1.29 is 9.53 Å². The second-order valence-electron chi connectivity index (χ2n) is 9.36. The Labute approximate surface area is 204 Å². The summed E-state index contributed by atoms with van der Waals surface area (Å²) in [5.41, 5.74) is 5.40. The van der Waals surface area contributed by atoms with E-state index in [1.807, 2.05) is 19.9 Å². The maximum absolute atomic E-state index is 12.7. The summed E-state index contributed by atoms with van der Waals surface area (Å²) >= 11 is 0. The molecule has 0 spiro atoms. The van der Waals surface area contributed by atoms with Gasteiger partial charge in [0.2, 0.25) is 0 Å². The van der Waals surface area contributed by atoms with E-state index in [0.29, 0.717) is 13.2 Å². The zero-order chi connectivity index (χ0) is 24.5. The summed E-state index contributed by atoms with van der Waals surface area (Å²) in [5.74, 6) is -0.356. The Morgan fingerprint density at radius 3 is 2.41 bits per heavy atom. The molecule has 1 aliphatic heterocycles. The molecule has 1 N–H and O–H groups in total. The lowest BCUT2D eigenvalue weighted by Crippen LogP contribution is -2.24. The van der Waals surface area contributed by atoms with Gasteiger partial charge in [-0.2, -0.15) is 5.26 Å². The first-order valence-electron chi connectivity index (χ1n) is 12.3. The topological polar surface area (TPSA) is 70.3 Å². The van der Waals surface area contributed by atoms with Crippen LogP contribution in [0.2, 0.25) is 0 Å². The van der Waals surface area contributed by atoms with Crippen LogP contribution in [-0.2, 0) is 22.6 Å². The second kappa shape index (κ2) is 12.5. The van der Waals surface area contributed by atoms with Crippen molar-refractivity contribution in [2.24, 2.45) is 0 Å². The quantitative estimate of drug-likeness (QED) is 0.425. The molecule has 1 aromatic heterocycles. The molecule has 0 radical (unpaired) electrons. The number of aromatic nitrogens is 1. The van der Waals surface area contributed by atoms with Crippen molar-refractivity contribution in [1.82, 2.24) is 14.8 Å². The molecule has 6 nitrogen and oxygen atoms in total. The molecule has 3 rings (SSSR count). The summed E-state index contributed by atoms with van der Waals surface area (Å²) in [4.78, 5) is 15.2. The second-order valence-corrected chi connectivity index (χ2v) is 9.36. The molecule has 1 aromatic carbocycles. The number of nitrogens with one attached hydrogen (secondary N) is 1. The smallest absolute Gasteiger partial charge is 0.262 e. The third-order valence-electron chi connectivity index (χ3n) is 6.62. The van der Waals surface area contributed by atoms with Crippen LogP contribution in [0, 0.1) is 25.2 Å². The van der Waals surface area contributed by atoms with Crippen molar-refractivity contribution >= 4 is 12.0 Å². The highest BCUT2D eigenvalue weighted by molar-refractivity contribution is 6.01. The molecular weight excluding hydrogens is 424 g/mol. The van der Waals surface area contributed by atoms with E-state index < -0.39 is 0 Å². The van der Waals surface area contributed by atoms with Crippen molar-refractivity contribution in [3.05, 3.63) is 64.0 Å². The lowest BCUT2D eigenvalue weighted by atomic mass is 10.1. The Kier molecular flexibility index (Phi) is 9.50. The molecule has 0 bridgehead atoms. The van der Waals surface area contributed by atoms with Gasteiger partial charge in [0.15, 0.2) is 0 Å². The van der Waals surface area contributed by atoms with E-state index in [1.54, 1.807) is 13.2 Å². The van der Waals surface area contributed by atoms with E-state index in [9.17, 15) is 10.1 Å². The lowest BCUT2D eigenvalue weighted by Gasteiger charge is -2.19. The minimum absolute atomic E-state index is 0.109. The van der Waals surface area contributed by atoms with Crippen LogP contribution in [-0.4, -0.2) is 42.2 Å². The Hall–Kier alpha value is -2.88. The minimum atomic E-state index is -0.356. The summed E-state index contributed by atoms with van der Waals surface area (Å²) in [6.07, 6.45) is 6.93. The van der Waals surface area contributed by atoms with E-state index in [4.69, 9.17) is 4.74 Å². The number of ether oxygens (including phenoxy) is 1. The molecule has 1 fully saturated rings. The summed E-state index contributed by atoms with van der Waals surface area (Å²) in [7, 11) is 1.69. The van der Waals surface area contributed by atoms with Gasteiger partial charge < -0.3 is 14.6 Å². The van der Waals surface area contributed by atoms with Crippen molar-refractivity contribution in [3.8, 4) is 6.07 Å². The number of hydrogen-bond donors (Lipinski definition) is 1. The fourth-order valence-corrected chi connectivity index (χ4v) is 4.84. The number of rotatable bonds is 9. The molecule has 1 aliphatic rings. The Morgan fingerprint density at radius 2 is 1.79 bits per heavy atom. The van der Waals surface area contributed by atoms with Gasteiger partial charge in [-0.3, -0.25) is 9.69 Å². The third kappa shape index (κ3) is 6.82. The Bertz CT molecular complexity index is 1020. The number of carbonyl (C=O) groups is 1. The van der Waals surface area contributed by atoms with Gasteiger partial charge in [-0.25, -0.2) is 0 Å². The SMILES string of the molecule is COCC(C)n1c(C)cc(/C=C(/C#N)C(=O)NCc2ccc(CN3CCCCCC3)cc2)c1C. The molecule has 1 amide bonds. The first-order chi connectivity index (χ1) is 16.4. The molecule has 34 heavy (non-hydrogen) atoms. The molecule has 1 atom stereocenters. The average molecular weight is 463 g/mol. The summed E-state index contributed by atoms with van der Waals surface area (Å²) < 4.78 is 7.46. The number of carbonyl (C=O) groups excluding carboxylic acids is 1. The first kappa shape index (κ1) is 25.7. The van der Waals surface area contributed by atoms with Crippen LogP contribution in [0.3, 0.4) is 0 Å². The van der Waals surface area contributed by atoms with Gasteiger partial charge in [-0.05, 0) is 75.5 Å².